The summed E-state index contributed by atoms with van der Waals surface area (Å²) in [5, 5.41) is 0. The van der Waals surface area contributed by atoms with Crippen LogP contribution in [-0.4, -0.2) is 31.3 Å². The maximum atomic E-state index is 3.97. The maximum absolute atomic E-state index is 3.97. The molecule has 1 aliphatic heterocycles. The molecule has 13 heavy (non-hydrogen) atoms. The van der Waals surface area contributed by atoms with Crippen molar-refractivity contribution in [1.82, 2.24) is 4.90 Å². The molecule has 0 radical (unpaired) electrons. The van der Waals surface area contributed by atoms with Crippen LogP contribution in [0.1, 0.15) is 19.8 Å². The SMILES string of the molecule is C\C=C/C(=C\C=N\C)N1CCCC1. The summed E-state index contributed by atoms with van der Waals surface area (Å²) in [5.41, 5.74) is 1.28. The maximum Gasteiger partial charge on any atom is 0.0378 e. The third-order valence-electron chi connectivity index (χ3n) is 2.20. The van der Waals surface area contributed by atoms with Crippen LogP contribution in [0.2, 0.25) is 0 Å². The minimum atomic E-state index is 1.19. The fraction of sp³-hybridized carbons (Fsp3) is 0.545. The van der Waals surface area contributed by atoms with E-state index in [1.165, 1.54) is 31.6 Å². The molecule has 1 saturated heterocycles. The van der Waals surface area contributed by atoms with Gasteiger partial charge in [-0.1, -0.05) is 6.08 Å². The minimum Gasteiger partial charge on any atom is -0.371 e. The van der Waals surface area contributed by atoms with Gasteiger partial charge in [-0.3, -0.25) is 4.99 Å². The number of allylic oxidation sites excluding steroid dienone is 3. The average molecular weight is 178 g/mol. The van der Waals surface area contributed by atoms with Crippen molar-refractivity contribution in [3.63, 3.8) is 0 Å². The third kappa shape index (κ3) is 3.05. The van der Waals surface area contributed by atoms with Crippen LogP contribution in [0.3, 0.4) is 0 Å². The standard InChI is InChI=1S/C11H18N2/c1-3-6-11(7-8-12-2)13-9-4-5-10-13/h3,6-8H,4-5,9-10H2,1-2H3/b6-3-,11-7+,12-8+. The summed E-state index contributed by atoms with van der Waals surface area (Å²) in [6.07, 6.45) is 10.8. The first-order valence-corrected chi connectivity index (χ1v) is 4.88. The molecule has 0 aromatic rings. The fourth-order valence-corrected chi connectivity index (χ4v) is 1.56. The molecular weight excluding hydrogens is 160 g/mol. The van der Waals surface area contributed by atoms with Crippen LogP contribution in [0.4, 0.5) is 0 Å². The van der Waals surface area contributed by atoms with Crippen LogP contribution >= 0.6 is 0 Å². The van der Waals surface area contributed by atoms with Crippen molar-refractivity contribution in [1.29, 1.82) is 0 Å². The highest BCUT2D eigenvalue weighted by atomic mass is 15.1. The molecule has 1 fully saturated rings. The van der Waals surface area contributed by atoms with E-state index in [0.29, 0.717) is 0 Å². The summed E-state index contributed by atoms with van der Waals surface area (Å²) in [6.45, 7) is 4.43. The predicted molar refractivity (Wildman–Crippen MR) is 58.1 cm³/mol. The summed E-state index contributed by atoms with van der Waals surface area (Å²) < 4.78 is 0. The Morgan fingerprint density at radius 2 is 2.00 bits per heavy atom. The highest BCUT2D eigenvalue weighted by Crippen LogP contribution is 2.14. The highest BCUT2D eigenvalue weighted by molar-refractivity contribution is 5.72. The molecule has 0 spiro atoms. The summed E-state index contributed by atoms with van der Waals surface area (Å²) in [7, 11) is 1.80. The summed E-state index contributed by atoms with van der Waals surface area (Å²) in [6, 6.07) is 0. The molecule has 1 rings (SSSR count). The molecular formula is C11H18N2. The van der Waals surface area contributed by atoms with E-state index in [-0.39, 0.29) is 0 Å². The van der Waals surface area contributed by atoms with Gasteiger partial charge in [-0.05, 0) is 31.9 Å². The van der Waals surface area contributed by atoms with E-state index in [1.54, 1.807) is 7.05 Å². The van der Waals surface area contributed by atoms with E-state index < -0.39 is 0 Å². The first-order valence-electron chi connectivity index (χ1n) is 4.88. The lowest BCUT2D eigenvalue weighted by atomic mass is 10.3. The lowest BCUT2D eigenvalue weighted by Gasteiger charge is -2.17. The van der Waals surface area contributed by atoms with Gasteiger partial charge in [-0.25, -0.2) is 0 Å². The molecule has 0 atom stereocenters. The molecule has 0 N–H and O–H groups in total. The van der Waals surface area contributed by atoms with Crippen molar-refractivity contribution in [2.24, 2.45) is 4.99 Å². The van der Waals surface area contributed by atoms with Gasteiger partial charge in [0.2, 0.25) is 0 Å². The molecule has 0 bridgehead atoms. The molecule has 2 heteroatoms. The van der Waals surface area contributed by atoms with Gasteiger partial charge in [0.05, 0.1) is 0 Å². The number of rotatable bonds is 3. The number of likely N-dealkylation sites (tertiary alicyclic amines) is 1. The number of hydrogen-bond acceptors (Lipinski definition) is 2. The molecule has 0 aliphatic carbocycles. The number of nitrogens with zero attached hydrogens (tertiary/aromatic N) is 2. The van der Waals surface area contributed by atoms with Crippen LogP contribution in [-0.2, 0) is 0 Å². The van der Waals surface area contributed by atoms with Crippen molar-refractivity contribution in [3.8, 4) is 0 Å². The third-order valence-corrected chi connectivity index (χ3v) is 2.20. The quantitative estimate of drug-likeness (QED) is 0.478. The fourth-order valence-electron chi connectivity index (χ4n) is 1.56. The van der Waals surface area contributed by atoms with E-state index in [4.69, 9.17) is 0 Å². The summed E-state index contributed by atoms with van der Waals surface area (Å²) in [5.74, 6) is 0. The van der Waals surface area contributed by atoms with Crippen LogP contribution in [0, 0.1) is 0 Å². The number of aliphatic imine (C=N–C) groups is 1. The molecule has 1 aliphatic rings. The van der Waals surface area contributed by atoms with Gasteiger partial charge >= 0.3 is 0 Å². The lowest BCUT2D eigenvalue weighted by Crippen LogP contribution is -2.17. The smallest absolute Gasteiger partial charge is 0.0378 e. The van der Waals surface area contributed by atoms with Crippen LogP contribution < -0.4 is 0 Å². The summed E-state index contributed by atoms with van der Waals surface area (Å²) in [4.78, 5) is 6.37. The van der Waals surface area contributed by atoms with E-state index in [2.05, 4.69) is 28.1 Å². The number of hydrogen-bond donors (Lipinski definition) is 0. The van der Waals surface area contributed by atoms with E-state index in [0.717, 1.165) is 0 Å². The lowest BCUT2D eigenvalue weighted by molar-refractivity contribution is 0.441. The molecule has 0 amide bonds. The molecule has 2 nitrogen and oxygen atoms in total. The zero-order valence-electron chi connectivity index (χ0n) is 8.53. The monoisotopic (exact) mass is 178 g/mol. The largest absolute Gasteiger partial charge is 0.371 e. The second-order valence-electron chi connectivity index (χ2n) is 3.19. The molecule has 72 valence electrons. The van der Waals surface area contributed by atoms with Crippen molar-refractivity contribution < 1.29 is 0 Å². The van der Waals surface area contributed by atoms with Gasteiger partial charge in [0, 0.05) is 32.0 Å². The Labute approximate surface area is 80.7 Å². The Balaban J connectivity index is 2.65. The molecule has 1 heterocycles. The predicted octanol–water partition coefficient (Wildman–Crippen LogP) is 2.24. The molecule has 0 aromatic heterocycles. The van der Waals surface area contributed by atoms with Gasteiger partial charge < -0.3 is 4.90 Å². The van der Waals surface area contributed by atoms with Crippen molar-refractivity contribution in [3.05, 3.63) is 23.9 Å². The Morgan fingerprint density at radius 1 is 1.31 bits per heavy atom. The van der Waals surface area contributed by atoms with Gasteiger partial charge in [0.15, 0.2) is 0 Å². The van der Waals surface area contributed by atoms with E-state index in [1.807, 2.05) is 13.1 Å². The second kappa shape index (κ2) is 5.57. The Bertz CT molecular complexity index is 220. The van der Waals surface area contributed by atoms with Crippen LogP contribution in [0.15, 0.2) is 28.9 Å². The first kappa shape index (κ1) is 10.0. The van der Waals surface area contributed by atoms with Gasteiger partial charge in [0.1, 0.15) is 0 Å². The van der Waals surface area contributed by atoms with Gasteiger partial charge in [-0.2, -0.15) is 0 Å². The van der Waals surface area contributed by atoms with Gasteiger partial charge in [0.25, 0.3) is 0 Å². The minimum absolute atomic E-state index is 1.19. The zero-order valence-corrected chi connectivity index (χ0v) is 8.53. The zero-order chi connectivity index (χ0) is 9.52. The van der Waals surface area contributed by atoms with Crippen molar-refractivity contribution in [2.45, 2.75) is 19.8 Å². The first-order chi connectivity index (χ1) is 6.38. The second-order valence-corrected chi connectivity index (χ2v) is 3.19. The summed E-state index contributed by atoms with van der Waals surface area (Å²) >= 11 is 0. The van der Waals surface area contributed by atoms with Crippen LogP contribution in [0.5, 0.6) is 0 Å². The molecule has 0 aromatic carbocycles. The van der Waals surface area contributed by atoms with Gasteiger partial charge in [-0.15, -0.1) is 0 Å². The van der Waals surface area contributed by atoms with E-state index >= 15 is 0 Å². The normalized spacial score (nSPS) is 19.5. The average Bonchev–Trinajstić information content (AvgIpc) is 2.65. The van der Waals surface area contributed by atoms with Crippen molar-refractivity contribution in [2.75, 3.05) is 20.1 Å². The highest BCUT2D eigenvalue weighted by Gasteiger charge is 2.11. The Kier molecular flexibility index (Phi) is 4.30. The van der Waals surface area contributed by atoms with E-state index in [9.17, 15) is 0 Å². The Hall–Kier alpha value is -1.05. The van der Waals surface area contributed by atoms with Crippen LogP contribution in [0.25, 0.3) is 0 Å². The molecule has 0 unspecified atom stereocenters. The Morgan fingerprint density at radius 3 is 2.54 bits per heavy atom. The topological polar surface area (TPSA) is 15.6 Å². The van der Waals surface area contributed by atoms with Crippen molar-refractivity contribution >= 4 is 6.21 Å². The molecule has 0 saturated carbocycles.